The van der Waals surface area contributed by atoms with Crippen LogP contribution < -0.4 is 15.2 Å². The molecule has 0 amide bonds. The molecule has 27 heavy (non-hydrogen) atoms. The van der Waals surface area contributed by atoms with Gasteiger partial charge in [0.1, 0.15) is 4.90 Å². The van der Waals surface area contributed by atoms with Crippen LogP contribution in [0.15, 0.2) is 46.2 Å². The largest absolute Gasteiger partial charge is 0.383 e. The molecule has 0 aromatic heterocycles. The molecule has 0 saturated carbocycles. The molecule has 0 fully saturated rings. The Hall–Kier alpha value is -1.52. The van der Waals surface area contributed by atoms with Crippen LogP contribution >= 0.6 is 23.2 Å². The number of nitrogens with one attached hydrogen (secondary N) is 2. The first-order valence-electron chi connectivity index (χ1n) is 7.93. The lowest BCUT2D eigenvalue weighted by Crippen LogP contribution is -2.17. The summed E-state index contributed by atoms with van der Waals surface area (Å²) in [6, 6.07) is 7.93. The van der Waals surface area contributed by atoms with Gasteiger partial charge >= 0.3 is 0 Å². The Morgan fingerprint density at radius 1 is 1.00 bits per heavy atom. The van der Waals surface area contributed by atoms with Crippen molar-refractivity contribution < 1.29 is 16.8 Å². The van der Waals surface area contributed by atoms with E-state index in [0.29, 0.717) is 12.2 Å². The first-order valence-corrected chi connectivity index (χ1v) is 11.7. The van der Waals surface area contributed by atoms with Gasteiger partial charge in [0.15, 0.2) is 0 Å². The average molecular weight is 452 g/mol. The topological polar surface area (TPSA) is 118 Å². The molecule has 2 rings (SSSR count). The SMILES string of the molecule is CCCCNc1ccc(S(N)(=O)=O)cc1NS(=O)(=O)c1cc(Cl)ccc1Cl. The molecule has 0 saturated heterocycles. The van der Waals surface area contributed by atoms with Crippen molar-refractivity contribution in [3.8, 4) is 0 Å². The van der Waals surface area contributed by atoms with Crippen molar-refractivity contribution >= 4 is 54.6 Å². The Morgan fingerprint density at radius 2 is 1.70 bits per heavy atom. The Balaban J connectivity index is 2.49. The number of rotatable bonds is 8. The van der Waals surface area contributed by atoms with Crippen molar-refractivity contribution in [3.63, 3.8) is 0 Å². The van der Waals surface area contributed by atoms with Crippen LogP contribution in [0.25, 0.3) is 0 Å². The molecule has 0 atom stereocenters. The number of halogens is 2. The van der Waals surface area contributed by atoms with Crippen LogP contribution in [0.1, 0.15) is 19.8 Å². The van der Waals surface area contributed by atoms with Gasteiger partial charge in [0.05, 0.1) is 21.3 Å². The summed E-state index contributed by atoms with van der Waals surface area (Å²) in [5.41, 5.74) is 0.450. The lowest BCUT2D eigenvalue weighted by Gasteiger charge is -2.16. The van der Waals surface area contributed by atoms with E-state index in [2.05, 4.69) is 10.0 Å². The lowest BCUT2D eigenvalue weighted by molar-refractivity contribution is 0.596. The summed E-state index contributed by atoms with van der Waals surface area (Å²) >= 11 is 11.9. The van der Waals surface area contributed by atoms with Crippen LogP contribution in [0.3, 0.4) is 0 Å². The quantitative estimate of drug-likeness (QED) is 0.529. The number of benzene rings is 2. The van der Waals surface area contributed by atoms with E-state index < -0.39 is 20.0 Å². The van der Waals surface area contributed by atoms with Crippen LogP contribution in [-0.2, 0) is 20.0 Å². The lowest BCUT2D eigenvalue weighted by atomic mass is 10.2. The highest BCUT2D eigenvalue weighted by Gasteiger charge is 2.21. The Labute approximate surface area is 169 Å². The molecule has 148 valence electrons. The summed E-state index contributed by atoms with van der Waals surface area (Å²) in [6.07, 6.45) is 1.78. The minimum absolute atomic E-state index is 0.0185. The van der Waals surface area contributed by atoms with E-state index in [4.69, 9.17) is 28.3 Å². The van der Waals surface area contributed by atoms with E-state index in [-0.39, 0.29) is 25.5 Å². The van der Waals surface area contributed by atoms with Gasteiger partial charge in [0.25, 0.3) is 10.0 Å². The van der Waals surface area contributed by atoms with E-state index in [1.165, 1.54) is 30.3 Å². The van der Waals surface area contributed by atoms with Gasteiger partial charge < -0.3 is 5.32 Å². The molecule has 2 aromatic rings. The van der Waals surface area contributed by atoms with Gasteiger partial charge in [-0.2, -0.15) is 0 Å². The number of primary sulfonamides is 1. The number of hydrogen-bond acceptors (Lipinski definition) is 5. The van der Waals surface area contributed by atoms with Gasteiger partial charge in [-0.05, 0) is 42.8 Å². The van der Waals surface area contributed by atoms with E-state index in [0.717, 1.165) is 18.9 Å². The summed E-state index contributed by atoms with van der Waals surface area (Å²) in [5, 5.41) is 8.40. The van der Waals surface area contributed by atoms with E-state index in [1.807, 2.05) is 6.92 Å². The maximum atomic E-state index is 12.8. The second-order valence-electron chi connectivity index (χ2n) is 5.71. The van der Waals surface area contributed by atoms with E-state index in [1.54, 1.807) is 0 Å². The number of sulfonamides is 2. The first-order chi connectivity index (χ1) is 12.5. The zero-order valence-corrected chi connectivity index (χ0v) is 17.5. The Kier molecular flexibility index (Phi) is 6.98. The standard InChI is InChI=1S/C16H19Cl2N3O4S2/c1-2-3-8-20-14-7-5-12(26(19,22)23)10-15(14)21-27(24,25)16-9-11(17)4-6-13(16)18/h4-7,9-10,20-21H,2-3,8H2,1H3,(H2,19,22,23). The molecule has 2 aromatic carbocycles. The van der Waals surface area contributed by atoms with Gasteiger partial charge in [-0.15, -0.1) is 0 Å². The normalized spacial score (nSPS) is 12.0. The summed E-state index contributed by atoms with van der Waals surface area (Å²) in [6.45, 7) is 2.59. The first kappa shape index (κ1) is 21.8. The predicted molar refractivity (Wildman–Crippen MR) is 108 cm³/mol. The second kappa shape index (κ2) is 8.66. The second-order valence-corrected chi connectivity index (χ2v) is 9.77. The summed E-state index contributed by atoms with van der Waals surface area (Å²) in [5.74, 6) is 0. The molecule has 0 aliphatic rings. The van der Waals surface area contributed by atoms with E-state index >= 15 is 0 Å². The number of anilines is 2. The molecule has 0 unspecified atom stereocenters. The van der Waals surface area contributed by atoms with Crippen LogP contribution in [0.2, 0.25) is 10.0 Å². The minimum atomic E-state index is -4.12. The molecule has 11 heteroatoms. The molecule has 0 bridgehead atoms. The van der Waals surface area contributed by atoms with Crippen molar-refractivity contribution in [2.75, 3.05) is 16.6 Å². The maximum Gasteiger partial charge on any atom is 0.263 e. The van der Waals surface area contributed by atoms with Gasteiger partial charge in [-0.25, -0.2) is 22.0 Å². The van der Waals surface area contributed by atoms with Crippen molar-refractivity contribution in [1.82, 2.24) is 0 Å². The van der Waals surface area contributed by atoms with Gasteiger partial charge in [0.2, 0.25) is 10.0 Å². The van der Waals surface area contributed by atoms with Crippen LogP contribution in [-0.4, -0.2) is 23.4 Å². The molecular formula is C16H19Cl2N3O4S2. The molecule has 0 aliphatic carbocycles. The fourth-order valence-electron chi connectivity index (χ4n) is 2.22. The molecule has 0 aliphatic heterocycles. The van der Waals surface area contributed by atoms with Crippen LogP contribution in [0, 0.1) is 0 Å². The van der Waals surface area contributed by atoms with Crippen LogP contribution in [0.4, 0.5) is 11.4 Å². The van der Waals surface area contributed by atoms with Crippen LogP contribution in [0.5, 0.6) is 0 Å². The monoisotopic (exact) mass is 451 g/mol. The van der Waals surface area contributed by atoms with Gasteiger partial charge in [0, 0.05) is 11.6 Å². The third-order valence-corrected chi connectivity index (χ3v) is 6.59. The van der Waals surface area contributed by atoms with Gasteiger partial charge in [-0.3, -0.25) is 4.72 Å². The van der Waals surface area contributed by atoms with Crippen molar-refractivity contribution in [1.29, 1.82) is 0 Å². The minimum Gasteiger partial charge on any atom is -0.383 e. The number of unbranched alkanes of at least 4 members (excludes halogenated alkanes) is 1. The highest BCUT2D eigenvalue weighted by molar-refractivity contribution is 7.93. The highest BCUT2D eigenvalue weighted by atomic mass is 35.5. The summed E-state index contributed by atoms with van der Waals surface area (Å²) in [7, 11) is -8.14. The fraction of sp³-hybridized carbons (Fsp3) is 0.250. The summed E-state index contributed by atoms with van der Waals surface area (Å²) in [4.78, 5) is -0.449. The predicted octanol–water partition coefficient (Wildman–Crippen LogP) is 3.65. The maximum absolute atomic E-state index is 12.8. The highest BCUT2D eigenvalue weighted by Crippen LogP contribution is 2.31. The number of hydrogen-bond donors (Lipinski definition) is 3. The summed E-state index contributed by atoms with van der Waals surface area (Å²) < 4.78 is 51.1. The molecule has 0 radical (unpaired) electrons. The fourth-order valence-corrected chi connectivity index (χ4v) is 4.60. The number of nitrogens with two attached hydrogens (primary N) is 1. The molecule has 4 N–H and O–H groups in total. The molecular weight excluding hydrogens is 433 g/mol. The molecule has 7 nitrogen and oxygen atoms in total. The zero-order valence-electron chi connectivity index (χ0n) is 14.4. The van der Waals surface area contributed by atoms with Crippen molar-refractivity contribution in [2.24, 2.45) is 5.14 Å². The molecule has 0 spiro atoms. The van der Waals surface area contributed by atoms with Crippen molar-refractivity contribution in [2.45, 2.75) is 29.6 Å². The Bertz CT molecular complexity index is 1040. The van der Waals surface area contributed by atoms with Crippen molar-refractivity contribution in [3.05, 3.63) is 46.4 Å². The third kappa shape index (κ3) is 5.73. The average Bonchev–Trinajstić information content (AvgIpc) is 2.57. The van der Waals surface area contributed by atoms with Gasteiger partial charge in [-0.1, -0.05) is 36.5 Å². The van der Waals surface area contributed by atoms with E-state index in [9.17, 15) is 16.8 Å². The zero-order chi connectivity index (χ0) is 20.2. The third-order valence-electron chi connectivity index (χ3n) is 3.59. The molecule has 0 heterocycles. The smallest absolute Gasteiger partial charge is 0.263 e. The Morgan fingerprint density at radius 3 is 2.33 bits per heavy atom.